The number of anilines is 3. The maximum Gasteiger partial charge on any atom is 0.282 e. The van der Waals surface area contributed by atoms with E-state index in [1.165, 1.54) is 24.3 Å². The van der Waals surface area contributed by atoms with Crippen LogP contribution in [0.5, 0.6) is 0 Å². The number of imide groups is 1. The Labute approximate surface area is 186 Å². The SMILES string of the molecule is Cc1ccc(NC2=C(c3ccc(F)cc3)C(=O)N(c3cccc(N(C)C)c3)C2=O)cc1C. The maximum atomic E-state index is 13.5. The number of aryl methyl sites for hydroxylation is 2. The molecular formula is C26H24FN3O2. The summed E-state index contributed by atoms with van der Waals surface area (Å²) in [5.41, 5.74) is 5.08. The minimum atomic E-state index is -0.455. The van der Waals surface area contributed by atoms with Crippen molar-refractivity contribution in [2.45, 2.75) is 13.8 Å². The molecule has 0 saturated carbocycles. The fraction of sp³-hybridized carbons (Fsp3) is 0.154. The first-order valence-electron chi connectivity index (χ1n) is 10.3. The van der Waals surface area contributed by atoms with Crippen LogP contribution in [-0.4, -0.2) is 25.9 Å². The minimum Gasteiger partial charge on any atom is -0.378 e. The Morgan fingerprint density at radius 1 is 0.844 bits per heavy atom. The van der Waals surface area contributed by atoms with Gasteiger partial charge in [-0.05, 0) is 73.0 Å². The second kappa shape index (κ2) is 8.30. The molecule has 0 bridgehead atoms. The van der Waals surface area contributed by atoms with Crippen molar-refractivity contribution in [2.24, 2.45) is 0 Å². The van der Waals surface area contributed by atoms with Crippen molar-refractivity contribution in [2.75, 3.05) is 29.2 Å². The molecule has 3 aromatic carbocycles. The van der Waals surface area contributed by atoms with Crippen molar-refractivity contribution in [1.82, 2.24) is 0 Å². The molecule has 0 unspecified atom stereocenters. The van der Waals surface area contributed by atoms with Gasteiger partial charge in [-0.25, -0.2) is 9.29 Å². The van der Waals surface area contributed by atoms with Gasteiger partial charge in [0.25, 0.3) is 11.8 Å². The van der Waals surface area contributed by atoms with Crippen LogP contribution in [-0.2, 0) is 9.59 Å². The summed E-state index contributed by atoms with van der Waals surface area (Å²) in [6, 6.07) is 18.6. The van der Waals surface area contributed by atoms with Crippen molar-refractivity contribution < 1.29 is 14.0 Å². The van der Waals surface area contributed by atoms with Crippen LogP contribution in [0.4, 0.5) is 21.5 Å². The lowest BCUT2D eigenvalue weighted by Crippen LogP contribution is -2.32. The van der Waals surface area contributed by atoms with Gasteiger partial charge in [0.1, 0.15) is 11.5 Å². The number of nitrogens with zero attached hydrogens (tertiary/aromatic N) is 2. The number of carbonyl (C=O) groups excluding carboxylic acids is 2. The Hall–Kier alpha value is -3.93. The first-order valence-corrected chi connectivity index (χ1v) is 10.3. The number of hydrogen-bond donors (Lipinski definition) is 1. The van der Waals surface area contributed by atoms with Gasteiger partial charge in [-0.2, -0.15) is 0 Å². The Balaban J connectivity index is 1.82. The summed E-state index contributed by atoms with van der Waals surface area (Å²) in [5, 5.41) is 3.15. The molecule has 1 aliphatic heterocycles. The van der Waals surface area contributed by atoms with Gasteiger partial charge in [-0.15, -0.1) is 0 Å². The lowest BCUT2D eigenvalue weighted by molar-refractivity contribution is -0.120. The topological polar surface area (TPSA) is 52.7 Å². The molecule has 0 fully saturated rings. The van der Waals surface area contributed by atoms with E-state index in [-0.39, 0.29) is 11.3 Å². The zero-order valence-electron chi connectivity index (χ0n) is 18.4. The predicted molar refractivity (Wildman–Crippen MR) is 126 cm³/mol. The number of benzene rings is 3. The van der Waals surface area contributed by atoms with Gasteiger partial charge in [0.05, 0.1) is 11.3 Å². The second-order valence-corrected chi connectivity index (χ2v) is 8.04. The molecule has 0 aliphatic carbocycles. The molecule has 6 heteroatoms. The highest BCUT2D eigenvalue weighted by Crippen LogP contribution is 2.35. The third kappa shape index (κ3) is 3.87. The van der Waals surface area contributed by atoms with Crippen LogP contribution in [0.2, 0.25) is 0 Å². The second-order valence-electron chi connectivity index (χ2n) is 8.04. The summed E-state index contributed by atoms with van der Waals surface area (Å²) >= 11 is 0. The van der Waals surface area contributed by atoms with E-state index in [2.05, 4.69) is 5.32 Å². The van der Waals surface area contributed by atoms with Gasteiger partial charge >= 0.3 is 0 Å². The number of hydrogen-bond acceptors (Lipinski definition) is 4. The van der Waals surface area contributed by atoms with Crippen molar-refractivity contribution in [3.63, 3.8) is 0 Å². The number of carbonyl (C=O) groups is 2. The van der Waals surface area contributed by atoms with Gasteiger partial charge in [-0.1, -0.05) is 24.3 Å². The molecule has 4 rings (SSSR count). The zero-order valence-corrected chi connectivity index (χ0v) is 18.4. The van der Waals surface area contributed by atoms with Gasteiger partial charge in [0.15, 0.2) is 0 Å². The third-order valence-electron chi connectivity index (χ3n) is 5.60. The van der Waals surface area contributed by atoms with Crippen molar-refractivity contribution in [3.8, 4) is 0 Å². The van der Waals surface area contributed by atoms with Gasteiger partial charge in [-0.3, -0.25) is 9.59 Å². The van der Waals surface area contributed by atoms with E-state index in [1.807, 2.05) is 57.1 Å². The van der Waals surface area contributed by atoms with E-state index in [9.17, 15) is 14.0 Å². The quantitative estimate of drug-likeness (QED) is 0.586. The van der Waals surface area contributed by atoms with Crippen LogP contribution in [0.15, 0.2) is 72.4 Å². The van der Waals surface area contributed by atoms with Crippen LogP contribution in [0.1, 0.15) is 16.7 Å². The first kappa shape index (κ1) is 21.3. The maximum absolute atomic E-state index is 13.5. The fourth-order valence-corrected chi connectivity index (χ4v) is 3.64. The molecule has 1 aliphatic rings. The van der Waals surface area contributed by atoms with Gasteiger partial charge in [0, 0.05) is 25.5 Å². The molecule has 1 heterocycles. The highest BCUT2D eigenvalue weighted by atomic mass is 19.1. The molecule has 5 nitrogen and oxygen atoms in total. The Morgan fingerprint density at radius 3 is 2.22 bits per heavy atom. The molecule has 3 aromatic rings. The van der Waals surface area contributed by atoms with Crippen molar-refractivity contribution in [3.05, 3.63) is 94.9 Å². The predicted octanol–water partition coefficient (Wildman–Crippen LogP) is 4.91. The summed E-state index contributed by atoms with van der Waals surface area (Å²) in [4.78, 5) is 30.1. The lowest BCUT2D eigenvalue weighted by atomic mass is 10.0. The largest absolute Gasteiger partial charge is 0.378 e. The number of nitrogens with one attached hydrogen (secondary N) is 1. The number of amides is 2. The van der Waals surface area contributed by atoms with Crippen LogP contribution in [0.3, 0.4) is 0 Å². The first-order chi connectivity index (χ1) is 15.3. The summed E-state index contributed by atoms with van der Waals surface area (Å²) < 4.78 is 13.5. The molecule has 2 amide bonds. The highest BCUT2D eigenvalue weighted by molar-refractivity contribution is 6.46. The summed E-state index contributed by atoms with van der Waals surface area (Å²) in [7, 11) is 3.78. The lowest BCUT2D eigenvalue weighted by Gasteiger charge is -2.19. The molecule has 32 heavy (non-hydrogen) atoms. The summed E-state index contributed by atoms with van der Waals surface area (Å²) in [5.74, 6) is -1.32. The normalized spacial score (nSPS) is 13.7. The average Bonchev–Trinajstić information content (AvgIpc) is 3.01. The van der Waals surface area contributed by atoms with E-state index in [0.29, 0.717) is 16.9 Å². The van der Waals surface area contributed by atoms with E-state index in [0.717, 1.165) is 21.7 Å². The van der Waals surface area contributed by atoms with E-state index in [1.54, 1.807) is 18.2 Å². The minimum absolute atomic E-state index is 0.167. The standard InChI is InChI=1S/C26H24FN3O2/c1-16-8-13-20(14-17(16)2)28-24-23(18-9-11-19(27)12-10-18)25(31)30(26(24)32)22-7-5-6-21(15-22)29(3)4/h5-15,28H,1-4H3. The fourth-order valence-electron chi connectivity index (χ4n) is 3.64. The molecule has 0 atom stereocenters. The Kier molecular flexibility index (Phi) is 5.53. The van der Waals surface area contributed by atoms with Crippen molar-refractivity contribution >= 4 is 34.4 Å². The molecule has 0 saturated heterocycles. The van der Waals surface area contributed by atoms with Crippen LogP contribution in [0, 0.1) is 19.7 Å². The van der Waals surface area contributed by atoms with Gasteiger partial charge in [0.2, 0.25) is 0 Å². The number of halogens is 1. The Bertz CT molecular complexity index is 1250. The van der Waals surface area contributed by atoms with E-state index in [4.69, 9.17) is 0 Å². The molecule has 1 N–H and O–H groups in total. The van der Waals surface area contributed by atoms with Gasteiger partial charge < -0.3 is 10.2 Å². The van der Waals surface area contributed by atoms with Crippen LogP contribution >= 0.6 is 0 Å². The van der Waals surface area contributed by atoms with Crippen LogP contribution < -0.4 is 15.1 Å². The molecule has 0 aromatic heterocycles. The third-order valence-corrected chi connectivity index (χ3v) is 5.60. The average molecular weight is 429 g/mol. The molecule has 0 spiro atoms. The smallest absolute Gasteiger partial charge is 0.282 e. The monoisotopic (exact) mass is 429 g/mol. The van der Waals surface area contributed by atoms with Crippen molar-refractivity contribution in [1.29, 1.82) is 0 Å². The summed E-state index contributed by atoms with van der Waals surface area (Å²) in [6.45, 7) is 3.99. The Morgan fingerprint density at radius 2 is 1.56 bits per heavy atom. The van der Waals surface area contributed by atoms with E-state index >= 15 is 0 Å². The molecular weight excluding hydrogens is 405 g/mol. The molecule has 162 valence electrons. The number of rotatable bonds is 5. The van der Waals surface area contributed by atoms with E-state index < -0.39 is 17.6 Å². The zero-order chi connectivity index (χ0) is 23.0. The highest BCUT2D eigenvalue weighted by Gasteiger charge is 2.40. The summed E-state index contributed by atoms with van der Waals surface area (Å²) in [6.07, 6.45) is 0. The molecule has 0 radical (unpaired) electrons. The van der Waals surface area contributed by atoms with Crippen LogP contribution in [0.25, 0.3) is 5.57 Å².